The lowest BCUT2D eigenvalue weighted by Gasteiger charge is -2.22. The lowest BCUT2D eigenvalue weighted by molar-refractivity contribution is -0.132. The van der Waals surface area contributed by atoms with Gasteiger partial charge in [0.2, 0.25) is 5.91 Å². The number of nitrogens with one attached hydrogen (secondary N) is 1. The van der Waals surface area contributed by atoms with Crippen molar-refractivity contribution in [1.82, 2.24) is 5.01 Å². The Kier molecular flexibility index (Phi) is 6.98. The number of hydrazone groups is 1. The molecule has 1 amide bonds. The van der Waals surface area contributed by atoms with E-state index in [9.17, 15) is 13.2 Å². The summed E-state index contributed by atoms with van der Waals surface area (Å²) in [5.74, 6) is 0.623. The van der Waals surface area contributed by atoms with Crippen molar-refractivity contribution < 1.29 is 17.9 Å². The molecule has 1 aliphatic heterocycles. The third-order valence-corrected chi connectivity index (χ3v) is 6.94. The van der Waals surface area contributed by atoms with E-state index in [1.165, 1.54) is 5.01 Å². The first-order valence-corrected chi connectivity index (χ1v) is 12.7. The Hall–Kier alpha value is -3.65. The average molecular weight is 478 g/mol. The van der Waals surface area contributed by atoms with Gasteiger partial charge in [-0.2, -0.15) is 5.10 Å². The Bertz CT molecular complexity index is 1310. The molecule has 0 fully saturated rings. The molecule has 0 aromatic heterocycles. The van der Waals surface area contributed by atoms with Gasteiger partial charge in [-0.15, -0.1) is 0 Å². The van der Waals surface area contributed by atoms with Gasteiger partial charge in [-0.1, -0.05) is 55.5 Å². The molecule has 3 aromatic rings. The summed E-state index contributed by atoms with van der Waals surface area (Å²) in [6, 6.07) is 22.7. The largest absolute Gasteiger partial charge is 0.494 e. The highest BCUT2D eigenvalue weighted by molar-refractivity contribution is 7.92. The zero-order valence-corrected chi connectivity index (χ0v) is 20.0. The predicted octanol–water partition coefficient (Wildman–Crippen LogP) is 4.97. The van der Waals surface area contributed by atoms with E-state index in [-0.39, 0.29) is 16.8 Å². The molecule has 0 radical (unpaired) electrons. The van der Waals surface area contributed by atoms with Crippen LogP contribution in [0.15, 0.2) is 88.9 Å². The number of sulfonamides is 1. The molecule has 1 aliphatic rings. The second-order valence-electron chi connectivity index (χ2n) is 7.83. The van der Waals surface area contributed by atoms with Crippen LogP contribution in [0.2, 0.25) is 0 Å². The molecule has 0 saturated carbocycles. The van der Waals surface area contributed by atoms with Crippen molar-refractivity contribution in [3.63, 3.8) is 0 Å². The number of para-hydroxylation sites is 1. The van der Waals surface area contributed by atoms with Crippen LogP contribution in [0.3, 0.4) is 0 Å². The Balaban J connectivity index is 1.69. The Labute approximate surface area is 200 Å². The number of carbonyl (C=O) groups is 1. The predicted molar refractivity (Wildman–Crippen MR) is 132 cm³/mol. The first kappa shape index (κ1) is 23.5. The van der Waals surface area contributed by atoms with Crippen molar-refractivity contribution in [1.29, 1.82) is 0 Å². The summed E-state index contributed by atoms with van der Waals surface area (Å²) in [4.78, 5) is 12.9. The highest BCUT2D eigenvalue weighted by Crippen LogP contribution is 2.36. The van der Waals surface area contributed by atoms with Crippen LogP contribution in [-0.2, 0) is 14.8 Å². The third-order valence-electron chi connectivity index (χ3n) is 5.56. The minimum Gasteiger partial charge on any atom is -0.494 e. The summed E-state index contributed by atoms with van der Waals surface area (Å²) in [7, 11) is -3.78. The molecule has 4 rings (SSSR count). The number of ether oxygens (including phenoxy) is 1. The number of benzene rings is 3. The summed E-state index contributed by atoms with van der Waals surface area (Å²) < 4.78 is 34.2. The fourth-order valence-electron chi connectivity index (χ4n) is 3.93. The van der Waals surface area contributed by atoms with Crippen molar-refractivity contribution in [3.05, 3.63) is 90.0 Å². The Morgan fingerprint density at radius 3 is 2.50 bits per heavy atom. The molecule has 8 heteroatoms. The van der Waals surface area contributed by atoms with Crippen LogP contribution in [0.5, 0.6) is 5.75 Å². The fourth-order valence-corrected chi connectivity index (χ4v) is 5.03. The van der Waals surface area contributed by atoms with E-state index >= 15 is 0 Å². The molecule has 1 atom stereocenters. The molecular weight excluding hydrogens is 450 g/mol. The number of hydrogen-bond acceptors (Lipinski definition) is 5. The molecular formula is C26H27N3O4S. The van der Waals surface area contributed by atoms with E-state index < -0.39 is 10.0 Å². The standard InChI is InChI=1S/C26H27N3O4S/c1-3-26(30)29-25(19-11-10-12-20(17-19)33-4-2)18-24(27-29)22-15-8-9-16-23(22)28-34(31,32)21-13-6-5-7-14-21/h5-17,25,28H,3-4,18H2,1-2H3/t25-/m1/s1. The highest BCUT2D eigenvalue weighted by atomic mass is 32.2. The maximum Gasteiger partial charge on any atom is 0.261 e. The summed E-state index contributed by atoms with van der Waals surface area (Å²) in [6.07, 6.45) is 0.756. The third kappa shape index (κ3) is 4.97. The number of anilines is 1. The van der Waals surface area contributed by atoms with Gasteiger partial charge >= 0.3 is 0 Å². The van der Waals surface area contributed by atoms with Crippen molar-refractivity contribution in [3.8, 4) is 5.75 Å². The van der Waals surface area contributed by atoms with Gasteiger partial charge in [-0.05, 0) is 42.8 Å². The smallest absolute Gasteiger partial charge is 0.261 e. The molecule has 1 heterocycles. The van der Waals surface area contributed by atoms with Gasteiger partial charge in [0.1, 0.15) is 5.75 Å². The highest BCUT2D eigenvalue weighted by Gasteiger charge is 2.33. The zero-order valence-electron chi connectivity index (χ0n) is 19.1. The quantitative estimate of drug-likeness (QED) is 0.496. The molecule has 1 N–H and O–H groups in total. The van der Waals surface area contributed by atoms with Crippen molar-refractivity contribution in [2.45, 2.75) is 37.6 Å². The van der Waals surface area contributed by atoms with Crippen molar-refractivity contribution in [2.24, 2.45) is 5.10 Å². The van der Waals surface area contributed by atoms with Gasteiger partial charge < -0.3 is 4.74 Å². The average Bonchev–Trinajstić information content (AvgIpc) is 3.30. The van der Waals surface area contributed by atoms with Crippen LogP contribution in [-0.4, -0.2) is 31.7 Å². The second kappa shape index (κ2) is 10.1. The summed E-state index contributed by atoms with van der Waals surface area (Å²) in [5, 5.41) is 6.15. The lowest BCUT2D eigenvalue weighted by atomic mass is 9.97. The fraction of sp³-hybridized carbons (Fsp3) is 0.231. The van der Waals surface area contributed by atoms with E-state index in [0.717, 1.165) is 11.3 Å². The van der Waals surface area contributed by atoms with Gasteiger partial charge in [-0.3, -0.25) is 9.52 Å². The SMILES string of the molecule is CCOc1cccc([C@H]2CC(c3ccccc3NS(=O)(=O)c3ccccc3)=NN2C(=O)CC)c1. The van der Waals surface area contributed by atoms with Gasteiger partial charge in [0.05, 0.1) is 28.9 Å². The maximum absolute atomic E-state index is 12.9. The minimum atomic E-state index is -3.78. The molecule has 0 bridgehead atoms. The second-order valence-corrected chi connectivity index (χ2v) is 9.51. The minimum absolute atomic E-state index is 0.107. The van der Waals surface area contributed by atoms with Gasteiger partial charge in [-0.25, -0.2) is 13.4 Å². The molecule has 176 valence electrons. The van der Waals surface area contributed by atoms with Gasteiger partial charge in [0.25, 0.3) is 10.0 Å². The molecule has 0 aliphatic carbocycles. The number of amides is 1. The first-order chi connectivity index (χ1) is 16.4. The van der Waals surface area contributed by atoms with Gasteiger partial charge in [0, 0.05) is 18.4 Å². The van der Waals surface area contributed by atoms with Crippen LogP contribution in [0.4, 0.5) is 5.69 Å². The molecule has 34 heavy (non-hydrogen) atoms. The lowest BCUT2D eigenvalue weighted by Crippen LogP contribution is -2.26. The van der Waals surface area contributed by atoms with Crippen LogP contribution in [0.1, 0.15) is 43.9 Å². The molecule has 0 saturated heterocycles. The van der Waals surface area contributed by atoms with Crippen LogP contribution >= 0.6 is 0 Å². The summed E-state index contributed by atoms with van der Waals surface area (Å²) >= 11 is 0. The van der Waals surface area contributed by atoms with E-state index in [0.29, 0.717) is 36.4 Å². The summed E-state index contributed by atoms with van der Waals surface area (Å²) in [6.45, 7) is 4.26. The normalized spacial score (nSPS) is 15.6. The van der Waals surface area contributed by atoms with E-state index in [1.807, 2.05) is 43.3 Å². The maximum atomic E-state index is 12.9. The number of nitrogens with zero attached hydrogens (tertiary/aromatic N) is 2. The number of carbonyl (C=O) groups excluding carboxylic acids is 1. The van der Waals surface area contributed by atoms with Crippen molar-refractivity contribution in [2.75, 3.05) is 11.3 Å². The van der Waals surface area contributed by atoms with E-state index in [2.05, 4.69) is 9.82 Å². The summed E-state index contributed by atoms with van der Waals surface area (Å²) in [5.41, 5.74) is 2.60. The number of rotatable bonds is 8. The van der Waals surface area contributed by atoms with Crippen LogP contribution in [0.25, 0.3) is 0 Å². The molecule has 7 nitrogen and oxygen atoms in total. The first-order valence-electron chi connectivity index (χ1n) is 11.2. The van der Waals surface area contributed by atoms with Crippen LogP contribution in [0, 0.1) is 0 Å². The zero-order chi connectivity index (χ0) is 24.1. The molecule has 0 unspecified atom stereocenters. The number of hydrogen-bond donors (Lipinski definition) is 1. The van der Waals surface area contributed by atoms with E-state index in [4.69, 9.17) is 4.74 Å². The van der Waals surface area contributed by atoms with E-state index in [1.54, 1.807) is 49.4 Å². The topological polar surface area (TPSA) is 88.1 Å². The Morgan fingerprint density at radius 2 is 1.76 bits per heavy atom. The monoisotopic (exact) mass is 477 g/mol. The molecule has 0 spiro atoms. The Morgan fingerprint density at radius 1 is 1.03 bits per heavy atom. The van der Waals surface area contributed by atoms with Crippen molar-refractivity contribution >= 4 is 27.3 Å². The molecule has 3 aromatic carbocycles. The van der Waals surface area contributed by atoms with Gasteiger partial charge in [0.15, 0.2) is 0 Å². The van der Waals surface area contributed by atoms with Crippen LogP contribution < -0.4 is 9.46 Å².